The van der Waals surface area contributed by atoms with E-state index in [-0.39, 0.29) is 0 Å². The number of para-hydroxylation sites is 1. The molecule has 92 valence electrons. The van der Waals surface area contributed by atoms with Crippen molar-refractivity contribution in [2.75, 3.05) is 7.11 Å². The van der Waals surface area contributed by atoms with Gasteiger partial charge >= 0.3 is 0 Å². The van der Waals surface area contributed by atoms with Crippen LogP contribution in [0.3, 0.4) is 0 Å². The van der Waals surface area contributed by atoms with Gasteiger partial charge in [0.15, 0.2) is 0 Å². The van der Waals surface area contributed by atoms with E-state index in [0.29, 0.717) is 0 Å². The highest BCUT2D eigenvalue weighted by Crippen LogP contribution is 2.32. The molecule has 0 aromatic heterocycles. The van der Waals surface area contributed by atoms with Crippen molar-refractivity contribution in [1.29, 1.82) is 0 Å². The molecule has 0 unspecified atom stereocenters. The van der Waals surface area contributed by atoms with E-state index in [1.165, 1.54) is 16.7 Å². The van der Waals surface area contributed by atoms with Gasteiger partial charge in [-0.1, -0.05) is 54.1 Å². The first-order valence-electron chi connectivity index (χ1n) is 6.10. The maximum atomic E-state index is 5.46. The second-order valence-corrected chi connectivity index (χ2v) is 4.44. The summed E-state index contributed by atoms with van der Waals surface area (Å²) in [7, 11) is 1.71. The largest absolute Gasteiger partial charge is 0.496 e. The lowest BCUT2D eigenvalue weighted by atomic mass is 9.93. The summed E-state index contributed by atoms with van der Waals surface area (Å²) in [5.74, 6) is 0.914. The minimum absolute atomic E-state index is 0.914. The number of methoxy groups -OCH3 is 1. The Kier molecular flexibility index (Phi) is 3.83. The molecule has 0 amide bonds. The number of benzene rings is 2. The molecule has 0 aliphatic heterocycles. The van der Waals surface area contributed by atoms with Gasteiger partial charge in [-0.05, 0) is 31.1 Å². The number of hydrogen-bond acceptors (Lipinski definition) is 1. The molecule has 2 aromatic rings. The Morgan fingerprint density at radius 1 is 0.833 bits per heavy atom. The average Bonchev–Trinajstić information content (AvgIpc) is 2.40. The van der Waals surface area contributed by atoms with Crippen LogP contribution in [0.4, 0.5) is 0 Å². The maximum Gasteiger partial charge on any atom is 0.126 e. The van der Waals surface area contributed by atoms with Crippen molar-refractivity contribution in [1.82, 2.24) is 0 Å². The van der Waals surface area contributed by atoms with Gasteiger partial charge in [-0.2, -0.15) is 0 Å². The summed E-state index contributed by atoms with van der Waals surface area (Å²) in [5.41, 5.74) is 4.90. The minimum atomic E-state index is 0.914. The molecule has 0 aliphatic rings. The van der Waals surface area contributed by atoms with E-state index in [0.717, 1.165) is 11.3 Å². The summed E-state index contributed by atoms with van der Waals surface area (Å²) in [4.78, 5) is 0. The molecule has 18 heavy (non-hydrogen) atoms. The molecule has 0 N–H and O–H groups in total. The van der Waals surface area contributed by atoms with Crippen LogP contribution in [0.15, 0.2) is 60.2 Å². The van der Waals surface area contributed by atoms with Crippen molar-refractivity contribution in [2.45, 2.75) is 13.8 Å². The first kappa shape index (κ1) is 12.4. The molecule has 0 heterocycles. The zero-order valence-electron chi connectivity index (χ0n) is 11.1. The molecular formula is C17H18O. The quantitative estimate of drug-likeness (QED) is 0.763. The van der Waals surface area contributed by atoms with Crippen molar-refractivity contribution >= 4 is 5.57 Å². The van der Waals surface area contributed by atoms with Gasteiger partial charge < -0.3 is 4.74 Å². The fourth-order valence-electron chi connectivity index (χ4n) is 2.17. The molecule has 0 saturated heterocycles. The van der Waals surface area contributed by atoms with Gasteiger partial charge in [-0.3, -0.25) is 0 Å². The summed E-state index contributed by atoms with van der Waals surface area (Å²) >= 11 is 0. The molecule has 1 nitrogen and oxygen atoms in total. The fourth-order valence-corrected chi connectivity index (χ4v) is 2.17. The lowest BCUT2D eigenvalue weighted by Crippen LogP contribution is -1.95. The summed E-state index contributed by atoms with van der Waals surface area (Å²) in [6.07, 6.45) is 0. The van der Waals surface area contributed by atoms with Gasteiger partial charge in [0.25, 0.3) is 0 Å². The third-order valence-corrected chi connectivity index (χ3v) is 2.94. The number of rotatable bonds is 3. The van der Waals surface area contributed by atoms with Crippen LogP contribution in [0.5, 0.6) is 5.75 Å². The molecule has 0 aliphatic carbocycles. The summed E-state index contributed by atoms with van der Waals surface area (Å²) in [6, 6.07) is 18.6. The van der Waals surface area contributed by atoms with E-state index < -0.39 is 0 Å². The highest BCUT2D eigenvalue weighted by atomic mass is 16.5. The van der Waals surface area contributed by atoms with Gasteiger partial charge in [0.1, 0.15) is 5.75 Å². The third-order valence-electron chi connectivity index (χ3n) is 2.94. The van der Waals surface area contributed by atoms with E-state index in [1.54, 1.807) is 7.11 Å². The van der Waals surface area contributed by atoms with Gasteiger partial charge in [-0.15, -0.1) is 0 Å². The van der Waals surface area contributed by atoms with Crippen LogP contribution in [-0.4, -0.2) is 7.11 Å². The monoisotopic (exact) mass is 238 g/mol. The van der Waals surface area contributed by atoms with Crippen LogP contribution in [0, 0.1) is 0 Å². The highest BCUT2D eigenvalue weighted by molar-refractivity contribution is 5.84. The molecule has 0 radical (unpaired) electrons. The number of hydrogen-bond donors (Lipinski definition) is 0. The summed E-state index contributed by atoms with van der Waals surface area (Å²) < 4.78 is 5.46. The third kappa shape index (κ3) is 2.45. The Morgan fingerprint density at radius 2 is 1.44 bits per heavy atom. The molecule has 2 rings (SSSR count). The lowest BCUT2D eigenvalue weighted by molar-refractivity contribution is 0.413. The Balaban J connectivity index is 2.61. The molecular weight excluding hydrogens is 220 g/mol. The van der Waals surface area contributed by atoms with Crippen LogP contribution in [0.1, 0.15) is 25.0 Å². The molecule has 1 heteroatoms. The summed E-state index contributed by atoms with van der Waals surface area (Å²) in [5, 5.41) is 0. The minimum Gasteiger partial charge on any atom is -0.496 e. The molecule has 0 bridgehead atoms. The van der Waals surface area contributed by atoms with Crippen LogP contribution in [0.25, 0.3) is 5.57 Å². The normalized spacial score (nSPS) is 9.94. The number of ether oxygens (including phenoxy) is 1. The predicted octanol–water partition coefficient (Wildman–Crippen LogP) is 4.54. The van der Waals surface area contributed by atoms with Crippen LogP contribution < -0.4 is 4.74 Å². The predicted molar refractivity (Wildman–Crippen MR) is 76.8 cm³/mol. The fraction of sp³-hybridized carbons (Fsp3) is 0.176. The average molecular weight is 238 g/mol. The number of allylic oxidation sites excluding steroid dienone is 1. The van der Waals surface area contributed by atoms with E-state index in [4.69, 9.17) is 4.74 Å². The first-order chi connectivity index (χ1) is 8.74. The molecule has 0 fully saturated rings. The van der Waals surface area contributed by atoms with Crippen molar-refractivity contribution in [2.24, 2.45) is 0 Å². The van der Waals surface area contributed by atoms with Gasteiger partial charge in [0, 0.05) is 5.56 Å². The molecule has 0 saturated carbocycles. The molecule has 0 spiro atoms. The standard InChI is InChI=1S/C17H18O/c1-13(2)17(14-9-5-4-6-10-14)15-11-7-8-12-16(15)18-3/h4-12H,1-3H3. The van der Waals surface area contributed by atoms with Crippen LogP contribution in [0.2, 0.25) is 0 Å². The molecule has 0 atom stereocenters. The van der Waals surface area contributed by atoms with Gasteiger partial charge in [0.05, 0.1) is 7.11 Å². The van der Waals surface area contributed by atoms with Crippen molar-refractivity contribution < 1.29 is 4.74 Å². The van der Waals surface area contributed by atoms with E-state index in [2.05, 4.69) is 44.2 Å². The van der Waals surface area contributed by atoms with Crippen LogP contribution in [-0.2, 0) is 0 Å². The first-order valence-corrected chi connectivity index (χ1v) is 6.10. The Morgan fingerprint density at radius 3 is 2.06 bits per heavy atom. The lowest BCUT2D eigenvalue weighted by Gasteiger charge is -2.14. The van der Waals surface area contributed by atoms with Gasteiger partial charge in [-0.25, -0.2) is 0 Å². The molecule has 2 aromatic carbocycles. The van der Waals surface area contributed by atoms with E-state index in [9.17, 15) is 0 Å². The SMILES string of the molecule is COc1ccccc1C(=C(C)C)c1ccccc1. The van der Waals surface area contributed by atoms with Crippen molar-refractivity contribution in [3.63, 3.8) is 0 Å². The second kappa shape index (κ2) is 5.54. The zero-order valence-corrected chi connectivity index (χ0v) is 11.1. The second-order valence-electron chi connectivity index (χ2n) is 4.44. The highest BCUT2D eigenvalue weighted by Gasteiger charge is 2.11. The van der Waals surface area contributed by atoms with E-state index >= 15 is 0 Å². The topological polar surface area (TPSA) is 9.23 Å². The zero-order chi connectivity index (χ0) is 13.0. The van der Waals surface area contributed by atoms with Gasteiger partial charge in [0.2, 0.25) is 0 Å². The smallest absolute Gasteiger partial charge is 0.126 e. The van der Waals surface area contributed by atoms with Crippen molar-refractivity contribution in [3.8, 4) is 5.75 Å². The van der Waals surface area contributed by atoms with Crippen LogP contribution >= 0.6 is 0 Å². The summed E-state index contributed by atoms with van der Waals surface area (Å²) in [6.45, 7) is 4.27. The van der Waals surface area contributed by atoms with Crippen molar-refractivity contribution in [3.05, 3.63) is 71.3 Å². The Bertz CT molecular complexity index is 549. The van der Waals surface area contributed by atoms with E-state index in [1.807, 2.05) is 24.3 Å². The maximum absolute atomic E-state index is 5.46. The Labute approximate surface area is 109 Å². The Hall–Kier alpha value is -2.02.